The Labute approximate surface area is 104 Å². The van der Waals surface area contributed by atoms with Crippen LogP contribution >= 0.6 is 11.8 Å². The average molecular weight is 242 g/mol. The molecule has 94 valence electrons. The predicted molar refractivity (Wildman–Crippen MR) is 72.9 cm³/mol. The van der Waals surface area contributed by atoms with Crippen molar-refractivity contribution in [3.05, 3.63) is 0 Å². The summed E-state index contributed by atoms with van der Waals surface area (Å²) in [7, 11) is 2.32. The van der Waals surface area contributed by atoms with Gasteiger partial charge < -0.3 is 5.73 Å². The molecule has 0 amide bonds. The largest absolute Gasteiger partial charge is 0.329 e. The Morgan fingerprint density at radius 3 is 2.75 bits per heavy atom. The summed E-state index contributed by atoms with van der Waals surface area (Å²) in [5.74, 6) is 3.41. The van der Waals surface area contributed by atoms with Crippen molar-refractivity contribution < 1.29 is 0 Å². The summed E-state index contributed by atoms with van der Waals surface area (Å²) in [5.41, 5.74) is 6.45. The van der Waals surface area contributed by atoms with Crippen molar-refractivity contribution in [3.8, 4) is 0 Å². The second-order valence-corrected chi connectivity index (χ2v) is 6.73. The van der Waals surface area contributed by atoms with Gasteiger partial charge in [0.25, 0.3) is 0 Å². The Hall–Kier alpha value is 0.270. The molecule has 0 spiro atoms. The maximum absolute atomic E-state index is 6.15. The molecule has 2 N–H and O–H groups in total. The van der Waals surface area contributed by atoms with Crippen LogP contribution in [-0.2, 0) is 0 Å². The normalized spacial score (nSPS) is 40.5. The van der Waals surface area contributed by atoms with E-state index in [1.54, 1.807) is 0 Å². The number of rotatable bonds is 3. The van der Waals surface area contributed by atoms with E-state index in [1.165, 1.54) is 43.6 Å². The molecule has 1 saturated carbocycles. The molecule has 0 bridgehead atoms. The number of hydrogen-bond acceptors (Lipinski definition) is 3. The molecule has 1 aliphatic carbocycles. The third-order valence-corrected chi connectivity index (χ3v) is 6.07. The van der Waals surface area contributed by atoms with E-state index in [0.29, 0.717) is 5.54 Å². The lowest BCUT2D eigenvalue weighted by Crippen LogP contribution is -2.60. The lowest BCUT2D eigenvalue weighted by atomic mass is 9.72. The maximum atomic E-state index is 6.15. The Morgan fingerprint density at radius 2 is 2.19 bits per heavy atom. The van der Waals surface area contributed by atoms with Crippen LogP contribution in [0.5, 0.6) is 0 Å². The molecule has 2 fully saturated rings. The van der Waals surface area contributed by atoms with E-state index < -0.39 is 0 Å². The second-order valence-electron chi connectivity index (χ2n) is 5.58. The lowest BCUT2D eigenvalue weighted by Gasteiger charge is -2.50. The highest BCUT2D eigenvalue weighted by atomic mass is 32.2. The van der Waals surface area contributed by atoms with Gasteiger partial charge in [0.15, 0.2) is 0 Å². The smallest absolute Gasteiger partial charge is 0.0357 e. The number of hydrogen-bond donors (Lipinski definition) is 1. The first-order valence-corrected chi connectivity index (χ1v) is 7.87. The van der Waals surface area contributed by atoms with Crippen LogP contribution in [0.3, 0.4) is 0 Å². The lowest BCUT2D eigenvalue weighted by molar-refractivity contribution is 0.00939. The SMILES string of the molecule is CC1CCCCC1(CN)N(C)C1CCSC1. The van der Waals surface area contributed by atoms with Gasteiger partial charge in [-0.25, -0.2) is 0 Å². The minimum atomic E-state index is 0.299. The van der Waals surface area contributed by atoms with E-state index in [1.807, 2.05) is 0 Å². The van der Waals surface area contributed by atoms with Gasteiger partial charge in [0.2, 0.25) is 0 Å². The van der Waals surface area contributed by atoms with Crippen LogP contribution in [0.2, 0.25) is 0 Å². The van der Waals surface area contributed by atoms with Gasteiger partial charge in [-0.2, -0.15) is 11.8 Å². The quantitative estimate of drug-likeness (QED) is 0.823. The number of likely N-dealkylation sites (N-methyl/N-ethyl adjacent to an activating group) is 1. The van der Waals surface area contributed by atoms with E-state index in [9.17, 15) is 0 Å². The summed E-state index contributed by atoms with van der Waals surface area (Å²) >= 11 is 2.10. The zero-order valence-corrected chi connectivity index (χ0v) is 11.6. The summed E-state index contributed by atoms with van der Waals surface area (Å²) in [6.45, 7) is 3.25. The van der Waals surface area contributed by atoms with Gasteiger partial charge in [0.1, 0.15) is 0 Å². The minimum absolute atomic E-state index is 0.299. The van der Waals surface area contributed by atoms with Crippen LogP contribution in [0.25, 0.3) is 0 Å². The zero-order valence-electron chi connectivity index (χ0n) is 10.7. The molecule has 0 aromatic carbocycles. The fraction of sp³-hybridized carbons (Fsp3) is 1.00. The topological polar surface area (TPSA) is 29.3 Å². The fourth-order valence-electron chi connectivity index (χ4n) is 3.56. The van der Waals surface area contributed by atoms with E-state index in [-0.39, 0.29) is 0 Å². The Bertz CT molecular complexity index is 228. The first-order chi connectivity index (χ1) is 7.70. The molecule has 1 saturated heterocycles. The summed E-state index contributed by atoms with van der Waals surface area (Å²) in [5, 5.41) is 0. The van der Waals surface area contributed by atoms with Gasteiger partial charge in [0, 0.05) is 23.9 Å². The fourth-order valence-corrected chi connectivity index (χ4v) is 4.83. The molecule has 3 heteroatoms. The van der Waals surface area contributed by atoms with E-state index in [2.05, 4.69) is 30.6 Å². The van der Waals surface area contributed by atoms with E-state index in [0.717, 1.165) is 18.5 Å². The summed E-state index contributed by atoms with van der Waals surface area (Å²) < 4.78 is 0. The molecule has 3 atom stereocenters. The molecule has 2 nitrogen and oxygen atoms in total. The highest BCUT2D eigenvalue weighted by Crippen LogP contribution is 2.39. The third kappa shape index (κ3) is 2.14. The monoisotopic (exact) mass is 242 g/mol. The molecule has 0 radical (unpaired) electrons. The van der Waals surface area contributed by atoms with Crippen LogP contribution < -0.4 is 5.73 Å². The molecule has 2 rings (SSSR count). The first kappa shape index (κ1) is 12.7. The Morgan fingerprint density at radius 1 is 1.38 bits per heavy atom. The van der Waals surface area contributed by atoms with Crippen molar-refractivity contribution in [2.75, 3.05) is 25.1 Å². The molecule has 0 aromatic heterocycles. The van der Waals surface area contributed by atoms with Gasteiger partial charge in [-0.3, -0.25) is 4.90 Å². The molecule has 2 aliphatic rings. The number of nitrogens with zero attached hydrogens (tertiary/aromatic N) is 1. The maximum Gasteiger partial charge on any atom is 0.0357 e. The van der Waals surface area contributed by atoms with Crippen LogP contribution in [-0.4, -0.2) is 41.6 Å². The van der Waals surface area contributed by atoms with Crippen molar-refractivity contribution in [2.24, 2.45) is 11.7 Å². The number of nitrogens with two attached hydrogens (primary N) is 1. The summed E-state index contributed by atoms with van der Waals surface area (Å²) in [6.07, 6.45) is 6.79. The van der Waals surface area contributed by atoms with Crippen LogP contribution in [0, 0.1) is 5.92 Å². The van der Waals surface area contributed by atoms with Crippen molar-refractivity contribution in [2.45, 2.75) is 50.6 Å². The Balaban J connectivity index is 2.11. The van der Waals surface area contributed by atoms with Gasteiger partial charge in [-0.15, -0.1) is 0 Å². The first-order valence-electron chi connectivity index (χ1n) is 6.71. The van der Waals surface area contributed by atoms with Crippen molar-refractivity contribution in [1.29, 1.82) is 0 Å². The molecular formula is C13H26N2S. The van der Waals surface area contributed by atoms with Crippen LogP contribution in [0.4, 0.5) is 0 Å². The van der Waals surface area contributed by atoms with Crippen molar-refractivity contribution >= 4 is 11.8 Å². The van der Waals surface area contributed by atoms with Gasteiger partial charge in [-0.1, -0.05) is 19.8 Å². The highest BCUT2D eigenvalue weighted by molar-refractivity contribution is 7.99. The molecular weight excluding hydrogens is 216 g/mol. The van der Waals surface area contributed by atoms with Gasteiger partial charge >= 0.3 is 0 Å². The molecule has 1 heterocycles. The van der Waals surface area contributed by atoms with Gasteiger partial charge in [-0.05, 0) is 38.0 Å². The molecule has 3 unspecified atom stereocenters. The van der Waals surface area contributed by atoms with Crippen LogP contribution in [0.1, 0.15) is 39.0 Å². The zero-order chi connectivity index (χ0) is 11.6. The minimum Gasteiger partial charge on any atom is -0.329 e. The number of thioether (sulfide) groups is 1. The van der Waals surface area contributed by atoms with E-state index in [4.69, 9.17) is 5.73 Å². The summed E-state index contributed by atoms with van der Waals surface area (Å²) in [6, 6.07) is 0.772. The van der Waals surface area contributed by atoms with Gasteiger partial charge in [0.05, 0.1) is 0 Å². The molecule has 16 heavy (non-hydrogen) atoms. The van der Waals surface area contributed by atoms with Crippen molar-refractivity contribution in [1.82, 2.24) is 4.90 Å². The van der Waals surface area contributed by atoms with Crippen LogP contribution in [0.15, 0.2) is 0 Å². The summed E-state index contributed by atoms with van der Waals surface area (Å²) in [4.78, 5) is 2.65. The average Bonchev–Trinajstić information content (AvgIpc) is 2.82. The standard InChI is InChI=1S/C13H26N2S/c1-11-5-3-4-7-13(11,10-14)15(2)12-6-8-16-9-12/h11-12H,3-10,14H2,1-2H3. The Kier molecular flexibility index (Phi) is 4.20. The van der Waals surface area contributed by atoms with E-state index >= 15 is 0 Å². The molecule has 0 aromatic rings. The highest BCUT2D eigenvalue weighted by Gasteiger charge is 2.43. The molecule has 1 aliphatic heterocycles. The van der Waals surface area contributed by atoms with Crippen molar-refractivity contribution in [3.63, 3.8) is 0 Å². The second kappa shape index (κ2) is 5.28. The third-order valence-electron chi connectivity index (χ3n) is 4.92. The predicted octanol–water partition coefficient (Wildman–Crippen LogP) is 2.33.